The Labute approximate surface area is 235 Å². The fraction of sp³-hybridized carbons (Fsp3) is 0.0800. The average Bonchev–Trinajstić information content (AvgIpc) is 3.48. The molecule has 1 atom stereocenters. The molecule has 208 valence electrons. The van der Waals surface area contributed by atoms with Crippen molar-refractivity contribution < 1.29 is 29.2 Å². The van der Waals surface area contributed by atoms with Crippen molar-refractivity contribution in [2.45, 2.75) is 12.5 Å². The van der Waals surface area contributed by atoms with Crippen LogP contribution in [-0.4, -0.2) is 60.0 Å². The predicted octanol–water partition coefficient (Wildman–Crippen LogP) is 2.23. The van der Waals surface area contributed by atoms with Gasteiger partial charge >= 0.3 is 17.8 Å². The van der Waals surface area contributed by atoms with Crippen LogP contribution in [0.2, 0.25) is 5.02 Å². The largest absolute Gasteiger partial charge is 0.478 e. The summed E-state index contributed by atoms with van der Waals surface area (Å²) in [5.74, 6) is -4.19. The van der Waals surface area contributed by atoms with E-state index in [0.29, 0.717) is 11.3 Å². The van der Waals surface area contributed by atoms with Crippen LogP contribution in [0.1, 0.15) is 15.9 Å². The number of carbonyl (C=O) groups excluding carboxylic acids is 3. The van der Waals surface area contributed by atoms with Crippen LogP contribution in [0, 0.1) is 10.1 Å². The molecule has 41 heavy (non-hydrogen) atoms. The van der Waals surface area contributed by atoms with Crippen molar-refractivity contribution in [3.63, 3.8) is 0 Å². The Bertz CT molecular complexity index is 1610. The first-order valence-electron chi connectivity index (χ1n) is 11.6. The molecule has 15 nitrogen and oxygen atoms in total. The lowest BCUT2D eigenvalue weighted by Crippen LogP contribution is -2.49. The zero-order valence-electron chi connectivity index (χ0n) is 20.7. The molecule has 0 saturated carbocycles. The van der Waals surface area contributed by atoms with Crippen molar-refractivity contribution in [1.82, 2.24) is 25.5 Å². The SMILES string of the molecule is O=C(Nc1cc(Cl)ccc1-n1cnnn1)C(=O)NC(Cc1ccc([N+](=O)[O-])cc1)C(=O)Nc1ccc(C(=O)O)cc1. The number of carbonyl (C=O) groups is 4. The van der Waals surface area contributed by atoms with Crippen LogP contribution in [0.25, 0.3) is 5.69 Å². The molecule has 0 fully saturated rings. The molecule has 0 aliphatic carbocycles. The van der Waals surface area contributed by atoms with Crippen molar-refractivity contribution in [3.05, 3.63) is 99.3 Å². The zero-order chi connectivity index (χ0) is 29.5. The molecule has 4 aromatic rings. The van der Waals surface area contributed by atoms with E-state index < -0.39 is 34.7 Å². The summed E-state index contributed by atoms with van der Waals surface area (Å²) in [7, 11) is 0. The quantitative estimate of drug-likeness (QED) is 0.129. The van der Waals surface area contributed by atoms with E-state index in [1.807, 2.05) is 0 Å². The normalized spacial score (nSPS) is 11.2. The third-order valence-corrected chi connectivity index (χ3v) is 5.85. The minimum Gasteiger partial charge on any atom is -0.478 e. The van der Waals surface area contributed by atoms with E-state index in [1.54, 1.807) is 0 Å². The maximum absolute atomic E-state index is 13.2. The molecule has 0 aliphatic rings. The number of aromatic nitrogens is 4. The number of non-ortho nitro benzene ring substituents is 1. The number of amides is 3. The van der Waals surface area contributed by atoms with Crippen LogP contribution >= 0.6 is 11.6 Å². The second-order valence-electron chi connectivity index (χ2n) is 8.40. The Morgan fingerprint density at radius 2 is 1.68 bits per heavy atom. The van der Waals surface area contributed by atoms with E-state index in [1.165, 1.54) is 77.7 Å². The third kappa shape index (κ3) is 7.24. The number of rotatable bonds is 9. The maximum Gasteiger partial charge on any atom is 0.335 e. The van der Waals surface area contributed by atoms with Crippen molar-refractivity contribution in [2.75, 3.05) is 10.6 Å². The lowest BCUT2D eigenvalue weighted by molar-refractivity contribution is -0.384. The van der Waals surface area contributed by atoms with Crippen molar-refractivity contribution in [1.29, 1.82) is 0 Å². The van der Waals surface area contributed by atoms with Gasteiger partial charge in [0.15, 0.2) is 0 Å². The second kappa shape index (κ2) is 12.4. The standard InChI is InChI=1S/C25H19ClN8O7/c26-16-5-10-21(33-13-27-31-32-33)19(12-16)29-23(36)24(37)30-20(11-14-1-8-18(9-2-14)34(40)41)22(35)28-17-6-3-15(4-7-17)25(38)39/h1-10,12-13,20H,11H2,(H,28,35)(H,29,36)(H,30,37)(H,38,39). The summed E-state index contributed by atoms with van der Waals surface area (Å²) in [5.41, 5.74) is 0.935. The molecule has 16 heteroatoms. The lowest BCUT2D eigenvalue weighted by atomic mass is 10.0. The molecule has 1 unspecified atom stereocenters. The molecule has 1 heterocycles. The first-order chi connectivity index (χ1) is 19.6. The minimum absolute atomic E-state index is 0.00235. The average molecular weight is 579 g/mol. The number of hydrogen-bond donors (Lipinski definition) is 4. The second-order valence-corrected chi connectivity index (χ2v) is 8.83. The molecule has 1 aromatic heterocycles. The summed E-state index contributed by atoms with van der Waals surface area (Å²) in [6.45, 7) is 0. The lowest BCUT2D eigenvalue weighted by Gasteiger charge is -2.19. The van der Waals surface area contributed by atoms with Gasteiger partial charge in [-0.1, -0.05) is 23.7 Å². The maximum atomic E-state index is 13.2. The molecule has 4 rings (SSSR count). The first-order valence-corrected chi connectivity index (χ1v) is 12.0. The molecule has 0 radical (unpaired) electrons. The number of nitro benzene ring substituents is 1. The third-order valence-electron chi connectivity index (χ3n) is 5.62. The summed E-state index contributed by atoms with van der Waals surface area (Å²) < 4.78 is 1.24. The van der Waals surface area contributed by atoms with Crippen LogP contribution in [0.4, 0.5) is 17.1 Å². The smallest absolute Gasteiger partial charge is 0.335 e. The fourth-order valence-corrected chi connectivity index (χ4v) is 3.78. The van der Waals surface area contributed by atoms with E-state index >= 15 is 0 Å². The highest BCUT2D eigenvalue weighted by Crippen LogP contribution is 2.24. The van der Waals surface area contributed by atoms with E-state index in [4.69, 9.17) is 16.7 Å². The number of tetrazole rings is 1. The Morgan fingerprint density at radius 1 is 0.976 bits per heavy atom. The molecule has 3 aromatic carbocycles. The number of nitrogens with zero attached hydrogens (tertiary/aromatic N) is 5. The number of carboxylic acids is 1. The van der Waals surface area contributed by atoms with Gasteiger partial charge in [0.2, 0.25) is 5.91 Å². The molecular formula is C25H19ClN8O7. The van der Waals surface area contributed by atoms with Gasteiger partial charge in [-0.05, 0) is 58.5 Å². The Hall–Kier alpha value is -5.70. The number of aromatic carboxylic acids is 1. The molecule has 0 spiro atoms. The Balaban J connectivity index is 1.53. The van der Waals surface area contributed by atoms with Crippen molar-refractivity contribution >= 4 is 52.4 Å². The number of halogens is 1. The minimum atomic E-state index is -1.31. The number of benzene rings is 3. The topological polar surface area (TPSA) is 211 Å². The highest BCUT2D eigenvalue weighted by molar-refractivity contribution is 6.40. The number of anilines is 2. The molecule has 0 bridgehead atoms. The number of nitro groups is 1. The predicted molar refractivity (Wildman–Crippen MR) is 144 cm³/mol. The summed E-state index contributed by atoms with van der Waals surface area (Å²) in [4.78, 5) is 60.4. The first kappa shape index (κ1) is 28.3. The van der Waals surface area contributed by atoms with E-state index in [0.717, 1.165) is 0 Å². The Morgan fingerprint density at radius 3 is 2.29 bits per heavy atom. The molecule has 3 amide bonds. The van der Waals surface area contributed by atoms with Gasteiger partial charge in [0.1, 0.15) is 12.4 Å². The van der Waals surface area contributed by atoms with Gasteiger partial charge in [0, 0.05) is 29.3 Å². The number of carboxylic acid groups (broad SMARTS) is 1. The summed E-state index contributed by atoms with van der Waals surface area (Å²) >= 11 is 6.05. The molecule has 0 aliphatic heterocycles. The van der Waals surface area contributed by atoms with Gasteiger partial charge in [-0.3, -0.25) is 24.5 Å². The number of hydrogen-bond acceptors (Lipinski definition) is 9. The molecule has 0 saturated heterocycles. The van der Waals surface area contributed by atoms with Crippen LogP contribution in [0.3, 0.4) is 0 Å². The van der Waals surface area contributed by atoms with Crippen molar-refractivity contribution in [3.8, 4) is 5.69 Å². The van der Waals surface area contributed by atoms with Crippen LogP contribution in [0.5, 0.6) is 0 Å². The van der Waals surface area contributed by atoms with Crippen LogP contribution in [-0.2, 0) is 20.8 Å². The molecular weight excluding hydrogens is 560 g/mol. The fourth-order valence-electron chi connectivity index (χ4n) is 3.61. The van der Waals surface area contributed by atoms with E-state index in [-0.39, 0.29) is 34.1 Å². The monoisotopic (exact) mass is 578 g/mol. The van der Waals surface area contributed by atoms with E-state index in [2.05, 4.69) is 31.5 Å². The van der Waals surface area contributed by atoms with Gasteiger partial charge in [-0.15, -0.1) is 5.10 Å². The highest BCUT2D eigenvalue weighted by Gasteiger charge is 2.26. The number of nitrogens with one attached hydrogen (secondary N) is 3. The van der Waals surface area contributed by atoms with Gasteiger partial charge < -0.3 is 21.1 Å². The summed E-state index contributed by atoms with van der Waals surface area (Å²) in [5, 5.41) is 38.5. The highest BCUT2D eigenvalue weighted by atomic mass is 35.5. The van der Waals surface area contributed by atoms with Gasteiger partial charge in [-0.2, -0.15) is 4.68 Å². The summed E-state index contributed by atoms with van der Waals surface area (Å²) in [6.07, 6.45) is 1.13. The Kier molecular flexibility index (Phi) is 8.59. The summed E-state index contributed by atoms with van der Waals surface area (Å²) in [6, 6.07) is 13.7. The molecule has 4 N–H and O–H groups in total. The van der Waals surface area contributed by atoms with Gasteiger partial charge in [-0.25, -0.2) is 4.79 Å². The van der Waals surface area contributed by atoms with Gasteiger partial charge in [0.05, 0.1) is 21.9 Å². The van der Waals surface area contributed by atoms with Crippen molar-refractivity contribution in [2.24, 2.45) is 0 Å². The van der Waals surface area contributed by atoms with Crippen LogP contribution in [0.15, 0.2) is 73.1 Å². The van der Waals surface area contributed by atoms with E-state index in [9.17, 15) is 29.3 Å². The van der Waals surface area contributed by atoms with Gasteiger partial charge in [0.25, 0.3) is 5.69 Å². The zero-order valence-corrected chi connectivity index (χ0v) is 21.5. The van der Waals surface area contributed by atoms with Crippen LogP contribution < -0.4 is 16.0 Å².